The molecule has 4 nitrogen and oxygen atoms in total. The molecule has 0 aliphatic heterocycles. The number of benzene rings is 1. The van der Waals surface area contributed by atoms with Crippen molar-refractivity contribution in [1.29, 1.82) is 0 Å². The van der Waals surface area contributed by atoms with Crippen molar-refractivity contribution < 1.29 is 28.7 Å². The van der Waals surface area contributed by atoms with Crippen molar-refractivity contribution in [1.82, 2.24) is 0 Å². The predicted molar refractivity (Wildman–Crippen MR) is 58.3 cm³/mol. The fourth-order valence-corrected chi connectivity index (χ4v) is 1.28. The maximum absolute atomic E-state index is 12.7. The van der Waals surface area contributed by atoms with E-state index in [-0.39, 0.29) is 23.2 Å². The SMILES string of the molecule is CC(C)C(=O)Nc1ccc([NH2+]O)c(C(F)(F)F)c1. The fraction of sp³-hybridized carbons (Fsp3) is 0.364. The zero-order chi connectivity index (χ0) is 13.9. The van der Waals surface area contributed by atoms with Crippen LogP contribution in [0.5, 0.6) is 0 Å². The van der Waals surface area contributed by atoms with E-state index < -0.39 is 11.7 Å². The van der Waals surface area contributed by atoms with Crippen LogP contribution in [0.2, 0.25) is 0 Å². The van der Waals surface area contributed by atoms with Crippen LogP contribution in [-0.4, -0.2) is 11.1 Å². The highest BCUT2D eigenvalue weighted by atomic mass is 19.4. The quantitative estimate of drug-likeness (QED) is 0.576. The first kappa shape index (κ1) is 14.5. The van der Waals surface area contributed by atoms with Crippen LogP contribution in [0.3, 0.4) is 0 Å². The van der Waals surface area contributed by atoms with Crippen molar-refractivity contribution in [2.45, 2.75) is 20.0 Å². The molecule has 0 atom stereocenters. The summed E-state index contributed by atoms with van der Waals surface area (Å²) in [5.41, 5.74) is -0.903. The van der Waals surface area contributed by atoms with Gasteiger partial charge in [0.25, 0.3) is 0 Å². The van der Waals surface area contributed by atoms with Crippen molar-refractivity contribution >= 4 is 17.3 Å². The molecule has 0 unspecified atom stereocenters. The van der Waals surface area contributed by atoms with Gasteiger partial charge < -0.3 is 5.32 Å². The van der Waals surface area contributed by atoms with Crippen LogP contribution >= 0.6 is 0 Å². The van der Waals surface area contributed by atoms with Gasteiger partial charge in [0.2, 0.25) is 5.91 Å². The van der Waals surface area contributed by atoms with E-state index >= 15 is 0 Å². The molecule has 0 aromatic heterocycles. The first-order valence-electron chi connectivity index (χ1n) is 5.25. The zero-order valence-corrected chi connectivity index (χ0v) is 9.88. The van der Waals surface area contributed by atoms with Gasteiger partial charge in [-0.3, -0.25) is 4.79 Å². The molecule has 1 rings (SSSR count). The van der Waals surface area contributed by atoms with Crippen LogP contribution in [0.25, 0.3) is 0 Å². The van der Waals surface area contributed by atoms with E-state index in [0.717, 1.165) is 12.1 Å². The molecule has 0 radical (unpaired) electrons. The Morgan fingerprint density at radius 1 is 1.39 bits per heavy atom. The van der Waals surface area contributed by atoms with E-state index in [0.29, 0.717) is 5.48 Å². The largest absolute Gasteiger partial charge is 0.422 e. The third-order valence-corrected chi connectivity index (χ3v) is 2.29. The van der Waals surface area contributed by atoms with E-state index in [2.05, 4.69) is 5.32 Å². The number of amides is 1. The summed E-state index contributed by atoms with van der Waals surface area (Å²) in [5, 5.41) is 11.1. The molecule has 0 aliphatic rings. The molecule has 0 heterocycles. The van der Waals surface area contributed by atoms with Gasteiger partial charge in [-0.15, -0.1) is 0 Å². The highest BCUT2D eigenvalue weighted by Crippen LogP contribution is 2.34. The molecule has 7 heteroatoms. The van der Waals surface area contributed by atoms with Gasteiger partial charge in [-0.05, 0) is 12.1 Å². The van der Waals surface area contributed by atoms with Crippen molar-refractivity contribution in [3.63, 3.8) is 0 Å². The molecule has 1 aromatic rings. The summed E-state index contributed by atoms with van der Waals surface area (Å²) in [4.78, 5) is 11.4. The average Bonchev–Trinajstić information content (AvgIpc) is 2.27. The van der Waals surface area contributed by atoms with E-state index in [4.69, 9.17) is 5.21 Å². The number of nitrogens with two attached hydrogens (primary N) is 1. The summed E-state index contributed by atoms with van der Waals surface area (Å²) < 4.78 is 38.0. The molecule has 1 amide bonds. The minimum Gasteiger partial charge on any atom is -0.326 e. The molecule has 0 saturated heterocycles. The maximum atomic E-state index is 12.7. The highest BCUT2D eigenvalue weighted by Gasteiger charge is 2.36. The number of nitrogens with one attached hydrogen (secondary N) is 1. The average molecular weight is 263 g/mol. The fourth-order valence-electron chi connectivity index (χ4n) is 1.28. The van der Waals surface area contributed by atoms with Crippen molar-refractivity contribution in [2.75, 3.05) is 5.32 Å². The van der Waals surface area contributed by atoms with Crippen LogP contribution in [0.15, 0.2) is 18.2 Å². The van der Waals surface area contributed by atoms with Crippen LogP contribution < -0.4 is 10.8 Å². The summed E-state index contributed by atoms with van der Waals surface area (Å²) in [6, 6.07) is 3.19. The normalized spacial score (nSPS) is 11.7. The van der Waals surface area contributed by atoms with Crippen LogP contribution in [0, 0.1) is 5.92 Å². The number of anilines is 1. The van der Waals surface area contributed by atoms with Crippen LogP contribution in [0.1, 0.15) is 19.4 Å². The number of quaternary nitrogens is 1. The van der Waals surface area contributed by atoms with Crippen LogP contribution in [-0.2, 0) is 11.0 Å². The second kappa shape index (κ2) is 5.36. The second-order valence-corrected chi connectivity index (χ2v) is 4.07. The Morgan fingerprint density at radius 2 is 2.00 bits per heavy atom. The smallest absolute Gasteiger partial charge is 0.326 e. The Labute approximate surface area is 102 Å². The van der Waals surface area contributed by atoms with Gasteiger partial charge in [0.05, 0.1) is 0 Å². The lowest BCUT2D eigenvalue weighted by Crippen LogP contribution is -2.74. The molecule has 18 heavy (non-hydrogen) atoms. The van der Waals surface area contributed by atoms with Gasteiger partial charge in [0.1, 0.15) is 5.56 Å². The van der Waals surface area contributed by atoms with Crippen molar-refractivity contribution in [3.05, 3.63) is 23.8 Å². The Hall–Kier alpha value is -1.60. The first-order chi connectivity index (χ1) is 8.25. The zero-order valence-electron chi connectivity index (χ0n) is 9.88. The van der Waals surface area contributed by atoms with E-state index in [1.165, 1.54) is 6.07 Å². The monoisotopic (exact) mass is 263 g/mol. The number of rotatable bonds is 3. The van der Waals surface area contributed by atoms with Crippen molar-refractivity contribution in [2.24, 2.45) is 5.92 Å². The second-order valence-electron chi connectivity index (χ2n) is 4.07. The molecule has 0 saturated carbocycles. The van der Waals surface area contributed by atoms with Gasteiger partial charge in [0.15, 0.2) is 5.69 Å². The number of hydrogen-bond donors (Lipinski definition) is 3. The van der Waals surface area contributed by atoms with Gasteiger partial charge in [-0.2, -0.15) is 18.7 Å². The summed E-state index contributed by atoms with van der Waals surface area (Å²) in [5.74, 6) is -0.702. The topological polar surface area (TPSA) is 65.9 Å². The van der Waals surface area contributed by atoms with Crippen molar-refractivity contribution in [3.8, 4) is 0 Å². The minimum atomic E-state index is -4.59. The molecule has 0 spiro atoms. The number of carbonyl (C=O) groups excluding carboxylic acids is 1. The Bertz CT molecular complexity index is 444. The number of carbonyl (C=O) groups is 1. The predicted octanol–water partition coefficient (Wildman–Crippen LogP) is 1.88. The summed E-state index contributed by atoms with van der Waals surface area (Å²) in [6.07, 6.45) is -4.59. The summed E-state index contributed by atoms with van der Waals surface area (Å²) >= 11 is 0. The van der Waals surface area contributed by atoms with Gasteiger partial charge >= 0.3 is 6.18 Å². The Morgan fingerprint density at radius 3 is 2.44 bits per heavy atom. The minimum absolute atomic E-state index is 0.0478. The maximum Gasteiger partial charge on any atom is 0.422 e. The number of halogens is 3. The molecule has 1 aromatic carbocycles. The summed E-state index contributed by atoms with van der Waals surface area (Å²) in [7, 11) is 0. The van der Waals surface area contributed by atoms with E-state index in [9.17, 15) is 18.0 Å². The highest BCUT2D eigenvalue weighted by molar-refractivity contribution is 5.92. The molecule has 0 fully saturated rings. The van der Waals surface area contributed by atoms with Gasteiger partial charge in [-0.25, -0.2) is 5.21 Å². The number of hydrogen-bond acceptors (Lipinski definition) is 2. The van der Waals surface area contributed by atoms with Crippen LogP contribution in [0.4, 0.5) is 24.5 Å². The molecular formula is C11H14F3N2O2+. The molecule has 0 aliphatic carbocycles. The molecule has 4 N–H and O–H groups in total. The lowest BCUT2D eigenvalue weighted by Gasteiger charge is -2.12. The third kappa shape index (κ3) is 3.44. The van der Waals surface area contributed by atoms with E-state index in [1.54, 1.807) is 13.8 Å². The lowest BCUT2D eigenvalue weighted by atomic mass is 10.1. The molecule has 0 bridgehead atoms. The molecule has 100 valence electrons. The van der Waals surface area contributed by atoms with E-state index in [1.807, 2.05) is 0 Å². The Balaban J connectivity index is 3.08. The first-order valence-corrected chi connectivity index (χ1v) is 5.25. The standard InChI is InChI=1S/C11H13F3N2O2/c1-6(2)10(17)15-7-3-4-9(16-18)8(5-7)11(12,13)14/h3-6,16,18H,1-2H3,(H,15,17)/p+1. The third-order valence-electron chi connectivity index (χ3n) is 2.29. The summed E-state index contributed by atoms with van der Waals surface area (Å²) in [6.45, 7) is 3.27. The number of alkyl halides is 3. The van der Waals surface area contributed by atoms with Gasteiger partial charge in [0, 0.05) is 17.7 Å². The lowest BCUT2D eigenvalue weighted by molar-refractivity contribution is -0.826. The Kier molecular flexibility index (Phi) is 4.31. The molecular weight excluding hydrogens is 249 g/mol. The van der Waals surface area contributed by atoms with Gasteiger partial charge in [-0.1, -0.05) is 13.8 Å².